The highest BCUT2D eigenvalue weighted by atomic mass is 16.6. The van der Waals surface area contributed by atoms with Gasteiger partial charge in [-0.1, -0.05) is 0 Å². The number of hydrogen-bond acceptors (Lipinski definition) is 6. The Hall–Kier alpha value is -2.32. The van der Waals surface area contributed by atoms with Crippen LogP contribution in [0.15, 0.2) is 4.79 Å². The Morgan fingerprint density at radius 3 is 2.86 bits per heavy atom. The zero-order chi connectivity index (χ0) is 10.3. The second-order valence-corrected chi connectivity index (χ2v) is 2.53. The summed E-state index contributed by atoms with van der Waals surface area (Å²) in [5.41, 5.74) is -0.874. The van der Waals surface area contributed by atoms with Crippen molar-refractivity contribution in [2.75, 3.05) is 0 Å². The monoisotopic (exact) mass is 196 g/mol. The van der Waals surface area contributed by atoms with E-state index in [4.69, 9.17) is 0 Å². The summed E-state index contributed by atoms with van der Waals surface area (Å²) in [6.07, 6.45) is 0. The molecule has 0 radical (unpaired) electrons. The first-order valence-corrected chi connectivity index (χ1v) is 3.56. The molecule has 72 valence electrons. The van der Waals surface area contributed by atoms with Crippen molar-refractivity contribution < 1.29 is 4.92 Å². The predicted octanol–water partition coefficient (Wildman–Crippen LogP) is -0.971. The summed E-state index contributed by atoms with van der Waals surface area (Å²) in [5, 5.41) is 19.4. The maximum absolute atomic E-state index is 11.3. The number of aromatic amines is 1. The lowest BCUT2D eigenvalue weighted by molar-refractivity contribution is -0.391. The summed E-state index contributed by atoms with van der Waals surface area (Å²) >= 11 is 0. The molecule has 2 aromatic heterocycles. The number of fused-ring (bicyclic) bond motifs is 1. The van der Waals surface area contributed by atoms with Crippen LogP contribution in [0.2, 0.25) is 0 Å². The van der Waals surface area contributed by atoms with E-state index in [1.807, 2.05) is 0 Å². The van der Waals surface area contributed by atoms with Crippen molar-refractivity contribution in [2.45, 2.75) is 6.92 Å². The van der Waals surface area contributed by atoms with Gasteiger partial charge in [-0.15, -0.1) is 0 Å². The zero-order valence-electron chi connectivity index (χ0n) is 6.96. The number of nitrogens with zero attached hydrogens (tertiary/aromatic N) is 5. The van der Waals surface area contributed by atoms with Crippen molar-refractivity contribution in [1.29, 1.82) is 0 Å². The summed E-state index contributed by atoms with van der Waals surface area (Å²) in [7, 11) is 0. The maximum atomic E-state index is 11.3. The number of hydrogen-bond donors (Lipinski definition) is 1. The molecule has 0 aliphatic carbocycles. The van der Waals surface area contributed by atoms with Crippen LogP contribution in [0.25, 0.3) is 5.78 Å². The first-order chi connectivity index (χ1) is 6.59. The fourth-order valence-corrected chi connectivity index (χ4v) is 0.995. The van der Waals surface area contributed by atoms with E-state index < -0.39 is 16.3 Å². The molecular weight excluding hydrogens is 192 g/mol. The van der Waals surface area contributed by atoms with Gasteiger partial charge in [-0.25, -0.2) is 0 Å². The molecule has 0 amide bonds. The van der Waals surface area contributed by atoms with Crippen LogP contribution in [0.5, 0.6) is 0 Å². The van der Waals surface area contributed by atoms with Crippen LogP contribution in [-0.2, 0) is 0 Å². The third kappa shape index (κ3) is 1.02. The van der Waals surface area contributed by atoms with Crippen molar-refractivity contribution in [3.63, 3.8) is 0 Å². The van der Waals surface area contributed by atoms with Gasteiger partial charge in [-0.2, -0.15) is 9.50 Å². The Labute approximate surface area is 75.5 Å². The molecule has 0 aliphatic rings. The van der Waals surface area contributed by atoms with Crippen molar-refractivity contribution in [3.05, 3.63) is 26.3 Å². The number of aryl methyl sites for hydroxylation is 1. The fraction of sp³-hybridized carbons (Fsp3) is 0.200. The Balaban J connectivity index is 2.88. The van der Waals surface area contributed by atoms with Gasteiger partial charge >= 0.3 is 11.4 Å². The van der Waals surface area contributed by atoms with E-state index >= 15 is 0 Å². The van der Waals surface area contributed by atoms with E-state index in [-0.39, 0.29) is 5.78 Å². The molecule has 0 bridgehead atoms. The first-order valence-electron chi connectivity index (χ1n) is 3.56. The third-order valence-corrected chi connectivity index (χ3v) is 1.54. The predicted molar refractivity (Wildman–Crippen MR) is 42.8 cm³/mol. The topological polar surface area (TPSA) is 119 Å². The standard InChI is InChI=1S/C5H4N6O3/c1-2-6-5-8-7-3(11(13)14)4(12)10(5)9-2/h1H3,(H,6,8,9). The van der Waals surface area contributed by atoms with Crippen molar-refractivity contribution in [2.24, 2.45) is 0 Å². The van der Waals surface area contributed by atoms with E-state index in [0.717, 1.165) is 4.52 Å². The Morgan fingerprint density at radius 2 is 2.21 bits per heavy atom. The minimum Gasteiger partial charge on any atom is -0.358 e. The summed E-state index contributed by atoms with van der Waals surface area (Å²) in [6.45, 7) is 1.60. The molecule has 2 heterocycles. The lowest BCUT2D eigenvalue weighted by Gasteiger charge is -1.89. The lowest BCUT2D eigenvalue weighted by Crippen LogP contribution is -2.20. The van der Waals surface area contributed by atoms with Crippen molar-refractivity contribution in [3.8, 4) is 0 Å². The number of H-pyrrole nitrogens is 1. The van der Waals surface area contributed by atoms with E-state index in [0.29, 0.717) is 5.82 Å². The van der Waals surface area contributed by atoms with Gasteiger partial charge in [-0.05, 0) is 11.8 Å². The molecule has 0 fully saturated rings. The average molecular weight is 196 g/mol. The molecule has 9 nitrogen and oxygen atoms in total. The quantitative estimate of drug-likeness (QED) is 0.462. The van der Waals surface area contributed by atoms with Crippen LogP contribution in [0.4, 0.5) is 5.82 Å². The minimum absolute atomic E-state index is 0.0121. The molecule has 1 N–H and O–H groups in total. The van der Waals surface area contributed by atoms with Crippen LogP contribution in [0.3, 0.4) is 0 Å². The second kappa shape index (κ2) is 2.58. The average Bonchev–Trinajstić information content (AvgIpc) is 2.46. The highest BCUT2D eigenvalue weighted by Gasteiger charge is 2.19. The molecule has 0 saturated carbocycles. The lowest BCUT2D eigenvalue weighted by atomic mass is 10.7. The highest BCUT2D eigenvalue weighted by Crippen LogP contribution is 1.97. The van der Waals surface area contributed by atoms with Crippen molar-refractivity contribution in [1.82, 2.24) is 24.8 Å². The van der Waals surface area contributed by atoms with Gasteiger partial charge in [0.15, 0.2) is 0 Å². The van der Waals surface area contributed by atoms with Crippen LogP contribution >= 0.6 is 0 Å². The van der Waals surface area contributed by atoms with E-state index in [1.54, 1.807) is 6.92 Å². The molecule has 0 aliphatic heterocycles. The van der Waals surface area contributed by atoms with Gasteiger partial charge in [0.1, 0.15) is 5.82 Å². The molecule has 14 heavy (non-hydrogen) atoms. The van der Waals surface area contributed by atoms with Gasteiger partial charge in [0.05, 0.1) is 5.10 Å². The van der Waals surface area contributed by atoms with Gasteiger partial charge < -0.3 is 10.1 Å². The Morgan fingerprint density at radius 1 is 1.50 bits per heavy atom. The molecule has 0 saturated heterocycles. The summed E-state index contributed by atoms with van der Waals surface area (Å²) in [4.78, 5) is 24.6. The summed E-state index contributed by atoms with van der Waals surface area (Å²) < 4.78 is 0.875. The van der Waals surface area contributed by atoms with Gasteiger partial charge in [0.25, 0.3) is 5.78 Å². The molecular formula is C5H4N6O3. The normalized spacial score (nSPS) is 10.6. The number of rotatable bonds is 1. The SMILES string of the molecule is Cc1nc2nnc([N+](=O)[O-])c(=O)n2[nH]1. The van der Waals surface area contributed by atoms with Crippen LogP contribution < -0.4 is 5.56 Å². The summed E-state index contributed by atoms with van der Waals surface area (Å²) in [6, 6.07) is 0. The van der Waals surface area contributed by atoms with Gasteiger partial charge in [0, 0.05) is 5.10 Å². The molecule has 2 aromatic rings. The highest BCUT2D eigenvalue weighted by molar-refractivity contribution is 5.27. The van der Waals surface area contributed by atoms with Gasteiger partial charge in [0.2, 0.25) is 0 Å². The number of nitro groups is 1. The van der Waals surface area contributed by atoms with E-state index in [9.17, 15) is 14.9 Å². The summed E-state index contributed by atoms with van der Waals surface area (Å²) in [5.74, 6) is -0.388. The second-order valence-electron chi connectivity index (χ2n) is 2.53. The van der Waals surface area contributed by atoms with Crippen LogP contribution in [-0.4, -0.2) is 29.7 Å². The molecule has 0 unspecified atom stereocenters. The molecule has 0 spiro atoms. The maximum Gasteiger partial charge on any atom is 0.458 e. The van der Waals surface area contributed by atoms with E-state index in [1.165, 1.54) is 0 Å². The molecule has 9 heteroatoms. The van der Waals surface area contributed by atoms with Crippen LogP contribution in [0.1, 0.15) is 5.82 Å². The number of nitrogens with one attached hydrogen (secondary N) is 1. The fourth-order valence-electron chi connectivity index (χ4n) is 0.995. The Kier molecular flexibility index (Phi) is 1.53. The molecule has 2 rings (SSSR count). The number of aromatic nitrogens is 5. The van der Waals surface area contributed by atoms with Crippen molar-refractivity contribution >= 4 is 11.6 Å². The van der Waals surface area contributed by atoms with Gasteiger partial charge in [-0.3, -0.25) is 9.89 Å². The van der Waals surface area contributed by atoms with E-state index in [2.05, 4.69) is 20.3 Å². The molecule has 0 atom stereocenters. The zero-order valence-corrected chi connectivity index (χ0v) is 6.96. The smallest absolute Gasteiger partial charge is 0.358 e. The Bertz CT molecular complexity index is 568. The van der Waals surface area contributed by atoms with Crippen LogP contribution in [0, 0.1) is 17.0 Å². The third-order valence-electron chi connectivity index (χ3n) is 1.54. The molecule has 0 aromatic carbocycles. The largest absolute Gasteiger partial charge is 0.458 e. The minimum atomic E-state index is -0.891. The first kappa shape index (κ1) is 8.29.